The minimum atomic E-state index is -4.66. The number of hydrogen-bond acceptors (Lipinski definition) is 3. The van der Waals surface area contributed by atoms with Crippen LogP contribution in [0, 0.1) is 0 Å². The third kappa shape index (κ3) is 4.34. The van der Waals surface area contributed by atoms with E-state index in [4.69, 9.17) is 0 Å². The summed E-state index contributed by atoms with van der Waals surface area (Å²) in [5, 5.41) is 0. The van der Waals surface area contributed by atoms with E-state index in [1.807, 2.05) is 0 Å². The summed E-state index contributed by atoms with van der Waals surface area (Å²) >= 11 is 0. The van der Waals surface area contributed by atoms with Crippen molar-refractivity contribution in [2.24, 2.45) is 0 Å². The van der Waals surface area contributed by atoms with Crippen molar-refractivity contribution < 1.29 is 21.6 Å². The van der Waals surface area contributed by atoms with Crippen molar-refractivity contribution >= 4 is 10.0 Å². The first-order valence-electron chi connectivity index (χ1n) is 5.92. The summed E-state index contributed by atoms with van der Waals surface area (Å²) < 4.78 is 62.0. The highest BCUT2D eigenvalue weighted by atomic mass is 32.2. The molecular formula is C11H15F3N2O3S. The van der Waals surface area contributed by atoms with Gasteiger partial charge in [0.05, 0.1) is 0 Å². The lowest BCUT2D eigenvalue weighted by Crippen LogP contribution is -2.41. The Kier molecular flexibility index (Phi) is 5.35. The molecule has 0 atom stereocenters. The number of pyridine rings is 1. The van der Waals surface area contributed by atoms with Gasteiger partial charge >= 0.3 is 6.18 Å². The summed E-state index contributed by atoms with van der Waals surface area (Å²) in [4.78, 5) is 13.2. The molecule has 1 N–H and O–H groups in total. The maximum atomic E-state index is 12.5. The fraction of sp³-hybridized carbons (Fsp3) is 0.545. The molecule has 9 heteroatoms. The third-order valence-electron chi connectivity index (χ3n) is 2.52. The second-order valence-corrected chi connectivity index (χ2v) is 6.09. The smallest absolute Gasteiger partial charge is 0.366 e. The number of H-pyrrole nitrogens is 1. The van der Waals surface area contributed by atoms with E-state index in [0.717, 1.165) is 12.3 Å². The minimum absolute atomic E-state index is 0.278. The van der Waals surface area contributed by atoms with E-state index < -0.39 is 33.1 Å². The second kappa shape index (κ2) is 6.40. The molecule has 0 saturated heterocycles. The zero-order valence-electron chi connectivity index (χ0n) is 10.8. The van der Waals surface area contributed by atoms with Gasteiger partial charge < -0.3 is 4.98 Å². The largest absolute Gasteiger partial charge is 0.402 e. The van der Waals surface area contributed by atoms with Crippen LogP contribution in [0.3, 0.4) is 0 Å². The topological polar surface area (TPSA) is 70.2 Å². The number of unbranched alkanes of at least 4 members (excludes halogenated alkanes) is 1. The monoisotopic (exact) mass is 312 g/mol. The molecule has 0 bridgehead atoms. The number of rotatable bonds is 6. The van der Waals surface area contributed by atoms with E-state index >= 15 is 0 Å². The van der Waals surface area contributed by atoms with Crippen molar-refractivity contribution in [3.63, 3.8) is 0 Å². The lowest BCUT2D eigenvalue weighted by Gasteiger charge is -2.22. The van der Waals surface area contributed by atoms with Crippen LogP contribution in [0.5, 0.6) is 0 Å². The molecule has 0 saturated carbocycles. The van der Waals surface area contributed by atoms with Gasteiger partial charge in [0.25, 0.3) is 0 Å². The quantitative estimate of drug-likeness (QED) is 0.869. The molecule has 5 nitrogen and oxygen atoms in total. The van der Waals surface area contributed by atoms with Crippen LogP contribution in [0.1, 0.15) is 19.8 Å². The van der Waals surface area contributed by atoms with Crippen LogP contribution >= 0.6 is 0 Å². The van der Waals surface area contributed by atoms with Gasteiger partial charge in [0.15, 0.2) is 0 Å². The summed E-state index contributed by atoms with van der Waals surface area (Å²) in [6, 6.07) is 0.957. The van der Waals surface area contributed by atoms with Crippen molar-refractivity contribution in [1.82, 2.24) is 9.29 Å². The molecule has 0 unspecified atom stereocenters. The van der Waals surface area contributed by atoms with E-state index in [0.29, 0.717) is 10.7 Å². The first-order chi connectivity index (χ1) is 9.18. The van der Waals surface area contributed by atoms with Gasteiger partial charge in [0.2, 0.25) is 15.5 Å². The number of aromatic nitrogens is 1. The molecule has 0 aliphatic carbocycles. The second-order valence-electron chi connectivity index (χ2n) is 4.18. The molecule has 20 heavy (non-hydrogen) atoms. The van der Waals surface area contributed by atoms with Gasteiger partial charge in [-0.15, -0.1) is 0 Å². The van der Waals surface area contributed by atoms with Crippen molar-refractivity contribution in [1.29, 1.82) is 0 Å². The lowest BCUT2D eigenvalue weighted by molar-refractivity contribution is -0.136. The third-order valence-corrected chi connectivity index (χ3v) is 4.39. The number of alkyl halides is 3. The molecule has 0 spiro atoms. The van der Waals surface area contributed by atoms with Crippen LogP contribution in [0.25, 0.3) is 0 Å². The molecule has 1 aromatic heterocycles. The van der Waals surface area contributed by atoms with Gasteiger partial charge in [-0.05, 0) is 6.42 Å². The summed E-state index contributed by atoms with van der Waals surface area (Å²) in [6.45, 7) is -0.163. The van der Waals surface area contributed by atoms with Gasteiger partial charge in [-0.2, -0.15) is 17.5 Å². The Bertz CT molecular complexity index is 595. The van der Waals surface area contributed by atoms with Gasteiger partial charge in [-0.25, -0.2) is 8.42 Å². The maximum absolute atomic E-state index is 12.5. The summed E-state index contributed by atoms with van der Waals surface area (Å²) in [5.74, 6) is 0. The van der Waals surface area contributed by atoms with E-state index in [-0.39, 0.29) is 13.0 Å². The van der Waals surface area contributed by atoms with Crippen LogP contribution in [0.15, 0.2) is 28.2 Å². The standard InChI is InChI=1S/C11H15F3N2O3S/c1-2-3-6-16(8-11(12,13)14)20(18,19)10-7-15-5-4-9(10)17/h4-5,7H,2-3,6,8H2,1H3,(H,15,17). The Hall–Kier alpha value is -1.35. The average Bonchev–Trinajstić information content (AvgIpc) is 2.33. The molecule has 0 radical (unpaired) electrons. The van der Waals surface area contributed by atoms with Crippen LogP contribution in [0.2, 0.25) is 0 Å². The molecule has 0 aliphatic heterocycles. The van der Waals surface area contributed by atoms with Crippen LogP contribution in [-0.4, -0.2) is 37.0 Å². The Morgan fingerprint density at radius 1 is 1.35 bits per heavy atom. The minimum Gasteiger partial charge on any atom is -0.366 e. The SMILES string of the molecule is CCCCN(CC(F)(F)F)S(=O)(=O)c1c[nH]ccc1=O. The highest BCUT2D eigenvalue weighted by Crippen LogP contribution is 2.21. The predicted molar refractivity (Wildman–Crippen MR) is 66.8 cm³/mol. The number of halogens is 3. The number of hydrogen-bond donors (Lipinski definition) is 1. The summed E-state index contributed by atoms with van der Waals surface area (Å²) in [7, 11) is -4.47. The molecule has 1 rings (SSSR count). The predicted octanol–water partition coefficient (Wildman–Crippen LogP) is 1.73. The molecule has 0 fully saturated rings. The van der Waals surface area contributed by atoms with Crippen molar-refractivity contribution in [2.75, 3.05) is 13.1 Å². The van der Waals surface area contributed by atoms with E-state index in [9.17, 15) is 26.4 Å². The molecule has 1 heterocycles. The molecule has 0 aliphatic rings. The van der Waals surface area contributed by atoms with E-state index in [1.165, 1.54) is 6.20 Å². The van der Waals surface area contributed by atoms with Crippen LogP contribution in [0.4, 0.5) is 13.2 Å². The molecule has 1 aromatic rings. The van der Waals surface area contributed by atoms with Gasteiger partial charge in [-0.1, -0.05) is 13.3 Å². The molecular weight excluding hydrogens is 297 g/mol. The van der Waals surface area contributed by atoms with Crippen molar-refractivity contribution in [2.45, 2.75) is 30.8 Å². The average molecular weight is 312 g/mol. The lowest BCUT2D eigenvalue weighted by atomic mass is 10.3. The Morgan fingerprint density at radius 2 is 2.00 bits per heavy atom. The highest BCUT2D eigenvalue weighted by molar-refractivity contribution is 7.89. The molecule has 0 amide bonds. The van der Waals surface area contributed by atoms with Crippen LogP contribution < -0.4 is 5.43 Å². The maximum Gasteiger partial charge on any atom is 0.402 e. The first kappa shape index (κ1) is 16.7. The number of nitrogens with one attached hydrogen (secondary N) is 1. The molecule has 0 aromatic carbocycles. The Morgan fingerprint density at radius 3 is 2.50 bits per heavy atom. The summed E-state index contributed by atoms with van der Waals surface area (Å²) in [6.07, 6.45) is -1.74. The summed E-state index contributed by atoms with van der Waals surface area (Å²) in [5.41, 5.74) is -0.840. The van der Waals surface area contributed by atoms with Crippen molar-refractivity contribution in [3.8, 4) is 0 Å². The fourth-order valence-electron chi connectivity index (χ4n) is 1.56. The molecule has 114 valence electrons. The van der Waals surface area contributed by atoms with Gasteiger partial charge in [-0.3, -0.25) is 4.79 Å². The van der Waals surface area contributed by atoms with Gasteiger partial charge in [0, 0.05) is 25.0 Å². The van der Waals surface area contributed by atoms with E-state index in [1.54, 1.807) is 6.92 Å². The number of nitrogens with zero attached hydrogens (tertiary/aromatic N) is 1. The Balaban J connectivity index is 3.17. The van der Waals surface area contributed by atoms with Crippen molar-refractivity contribution in [3.05, 3.63) is 28.7 Å². The van der Waals surface area contributed by atoms with Gasteiger partial charge in [0.1, 0.15) is 11.4 Å². The first-order valence-corrected chi connectivity index (χ1v) is 7.36. The zero-order chi connectivity index (χ0) is 15.4. The highest BCUT2D eigenvalue weighted by Gasteiger charge is 2.37. The van der Waals surface area contributed by atoms with Crippen LogP contribution in [-0.2, 0) is 10.0 Å². The number of sulfonamides is 1. The zero-order valence-corrected chi connectivity index (χ0v) is 11.6. The normalized spacial score (nSPS) is 12.8. The van der Waals surface area contributed by atoms with E-state index in [2.05, 4.69) is 4.98 Å². The fourth-order valence-corrected chi connectivity index (χ4v) is 3.06. The Labute approximate surface area is 114 Å². The number of aromatic amines is 1.